The fourth-order valence-corrected chi connectivity index (χ4v) is 2.35. The second-order valence-corrected chi connectivity index (χ2v) is 5.10. The van der Waals surface area contributed by atoms with E-state index in [4.69, 9.17) is 11.6 Å². The fraction of sp³-hybridized carbons (Fsp3) is 0.500. The summed E-state index contributed by atoms with van der Waals surface area (Å²) < 4.78 is 1.55. The molecule has 0 aliphatic carbocycles. The van der Waals surface area contributed by atoms with Crippen LogP contribution in [0.4, 0.5) is 11.9 Å². The third-order valence-electron chi connectivity index (χ3n) is 3.23. The molecule has 0 unspecified atom stereocenters. The third-order valence-corrected chi connectivity index (χ3v) is 3.43. The Balaban J connectivity index is 1.97. The lowest BCUT2D eigenvalue weighted by atomic mass is 10.1. The lowest BCUT2D eigenvalue weighted by Gasteiger charge is -2.26. The van der Waals surface area contributed by atoms with E-state index in [1.807, 2.05) is 0 Å². The standard InChI is InChI=1S/C12H16ClN7/c1-14-10-16-11(19-5-3-2-4-6-19)18-12(17-10)20-8-9(13)7-15-20/h7-8H,2-6H2,1H3,(H,14,16,17,18). The largest absolute Gasteiger partial charge is 0.357 e. The molecule has 8 heteroatoms. The maximum atomic E-state index is 5.89. The molecule has 3 heterocycles. The Morgan fingerprint density at radius 3 is 2.50 bits per heavy atom. The normalized spacial score (nSPS) is 15.4. The van der Waals surface area contributed by atoms with Gasteiger partial charge in [-0.3, -0.25) is 0 Å². The van der Waals surface area contributed by atoms with Gasteiger partial charge in [0.05, 0.1) is 17.4 Å². The summed E-state index contributed by atoms with van der Waals surface area (Å²) in [7, 11) is 1.79. The van der Waals surface area contributed by atoms with Crippen LogP contribution in [0, 0.1) is 0 Å². The molecular formula is C12H16ClN7. The molecule has 1 saturated heterocycles. The number of anilines is 2. The molecule has 2 aromatic rings. The minimum absolute atomic E-state index is 0.469. The van der Waals surface area contributed by atoms with Crippen molar-refractivity contribution in [2.45, 2.75) is 19.3 Å². The average molecular weight is 294 g/mol. The van der Waals surface area contributed by atoms with Gasteiger partial charge in [0.15, 0.2) is 0 Å². The molecule has 0 radical (unpaired) electrons. The maximum absolute atomic E-state index is 5.89. The summed E-state index contributed by atoms with van der Waals surface area (Å²) >= 11 is 5.89. The SMILES string of the molecule is CNc1nc(N2CCCCC2)nc(-n2cc(Cl)cn2)n1. The summed E-state index contributed by atoms with van der Waals surface area (Å²) in [5.74, 6) is 1.68. The number of piperidine rings is 1. The smallest absolute Gasteiger partial charge is 0.257 e. The molecule has 7 nitrogen and oxygen atoms in total. The number of rotatable bonds is 3. The Morgan fingerprint density at radius 1 is 1.10 bits per heavy atom. The van der Waals surface area contributed by atoms with E-state index in [0.717, 1.165) is 13.1 Å². The fourth-order valence-electron chi connectivity index (χ4n) is 2.21. The second kappa shape index (κ2) is 5.62. The first kappa shape index (κ1) is 13.1. The van der Waals surface area contributed by atoms with Crippen molar-refractivity contribution in [2.24, 2.45) is 0 Å². The van der Waals surface area contributed by atoms with Crippen LogP contribution in [0.25, 0.3) is 5.95 Å². The molecule has 0 bridgehead atoms. The Hall–Kier alpha value is -1.89. The minimum Gasteiger partial charge on any atom is -0.357 e. The van der Waals surface area contributed by atoms with Crippen molar-refractivity contribution >= 4 is 23.5 Å². The highest BCUT2D eigenvalue weighted by molar-refractivity contribution is 6.30. The van der Waals surface area contributed by atoms with E-state index in [9.17, 15) is 0 Å². The number of aromatic nitrogens is 5. The number of nitrogens with zero attached hydrogens (tertiary/aromatic N) is 6. The quantitative estimate of drug-likeness (QED) is 0.929. The van der Waals surface area contributed by atoms with Crippen LogP contribution in [-0.4, -0.2) is 44.9 Å². The molecule has 0 aromatic carbocycles. The number of hydrogen-bond acceptors (Lipinski definition) is 6. The van der Waals surface area contributed by atoms with E-state index in [2.05, 4.69) is 30.3 Å². The van der Waals surface area contributed by atoms with Crippen LogP contribution in [0.1, 0.15) is 19.3 Å². The molecule has 0 spiro atoms. The number of hydrogen-bond donors (Lipinski definition) is 1. The van der Waals surface area contributed by atoms with Gasteiger partial charge >= 0.3 is 0 Å². The van der Waals surface area contributed by atoms with E-state index < -0.39 is 0 Å². The monoisotopic (exact) mass is 293 g/mol. The molecule has 1 aliphatic rings. The van der Waals surface area contributed by atoms with Gasteiger partial charge in [-0.1, -0.05) is 11.6 Å². The van der Waals surface area contributed by atoms with Gasteiger partial charge in [-0.2, -0.15) is 20.1 Å². The van der Waals surface area contributed by atoms with Crippen LogP contribution >= 0.6 is 11.6 Å². The zero-order valence-electron chi connectivity index (χ0n) is 11.3. The van der Waals surface area contributed by atoms with Gasteiger partial charge in [0.2, 0.25) is 11.9 Å². The minimum atomic E-state index is 0.469. The first-order valence-corrected chi connectivity index (χ1v) is 7.03. The molecule has 1 N–H and O–H groups in total. The predicted molar refractivity (Wildman–Crippen MR) is 77.6 cm³/mol. The number of nitrogens with one attached hydrogen (secondary N) is 1. The highest BCUT2D eigenvalue weighted by Gasteiger charge is 2.16. The van der Waals surface area contributed by atoms with Crippen molar-refractivity contribution in [2.75, 3.05) is 30.4 Å². The van der Waals surface area contributed by atoms with Crippen LogP contribution < -0.4 is 10.2 Å². The van der Waals surface area contributed by atoms with E-state index in [-0.39, 0.29) is 0 Å². The zero-order chi connectivity index (χ0) is 13.9. The summed E-state index contributed by atoms with van der Waals surface area (Å²) in [5, 5.41) is 7.65. The number of halogens is 1. The van der Waals surface area contributed by atoms with E-state index in [0.29, 0.717) is 22.9 Å². The highest BCUT2D eigenvalue weighted by atomic mass is 35.5. The molecular weight excluding hydrogens is 278 g/mol. The van der Waals surface area contributed by atoms with Crippen LogP contribution in [-0.2, 0) is 0 Å². The van der Waals surface area contributed by atoms with Gasteiger partial charge in [-0.25, -0.2) is 4.68 Å². The van der Waals surface area contributed by atoms with Crippen LogP contribution in [0.5, 0.6) is 0 Å². The van der Waals surface area contributed by atoms with Crippen molar-refractivity contribution in [1.82, 2.24) is 24.7 Å². The average Bonchev–Trinajstić information content (AvgIpc) is 2.94. The van der Waals surface area contributed by atoms with Crippen molar-refractivity contribution in [3.8, 4) is 5.95 Å². The van der Waals surface area contributed by atoms with Crippen LogP contribution in [0.3, 0.4) is 0 Å². The topological polar surface area (TPSA) is 71.8 Å². The zero-order valence-corrected chi connectivity index (χ0v) is 12.0. The molecule has 106 valence electrons. The van der Waals surface area contributed by atoms with Gasteiger partial charge in [0.25, 0.3) is 5.95 Å². The third kappa shape index (κ3) is 2.67. The van der Waals surface area contributed by atoms with Crippen molar-refractivity contribution < 1.29 is 0 Å². The van der Waals surface area contributed by atoms with Crippen molar-refractivity contribution in [1.29, 1.82) is 0 Å². The van der Waals surface area contributed by atoms with Gasteiger partial charge in [0, 0.05) is 20.1 Å². The Labute approximate surface area is 122 Å². The molecule has 0 atom stereocenters. The summed E-state index contributed by atoms with van der Waals surface area (Å²) in [5.41, 5.74) is 0. The molecule has 1 aliphatic heterocycles. The van der Waals surface area contributed by atoms with Gasteiger partial charge in [-0.15, -0.1) is 0 Å². The first-order valence-electron chi connectivity index (χ1n) is 6.65. The highest BCUT2D eigenvalue weighted by Crippen LogP contribution is 2.18. The molecule has 20 heavy (non-hydrogen) atoms. The molecule has 0 saturated carbocycles. The molecule has 1 fully saturated rings. The maximum Gasteiger partial charge on any atom is 0.257 e. The van der Waals surface area contributed by atoms with Gasteiger partial charge in [-0.05, 0) is 19.3 Å². The molecule has 2 aromatic heterocycles. The van der Waals surface area contributed by atoms with E-state index >= 15 is 0 Å². The van der Waals surface area contributed by atoms with Gasteiger partial charge in [0.1, 0.15) is 0 Å². The van der Waals surface area contributed by atoms with E-state index in [1.54, 1.807) is 24.1 Å². The predicted octanol–water partition coefficient (Wildman–Crippen LogP) is 1.74. The summed E-state index contributed by atoms with van der Waals surface area (Å²) in [6.45, 7) is 1.96. The second-order valence-electron chi connectivity index (χ2n) is 4.66. The summed E-state index contributed by atoms with van der Waals surface area (Å²) in [6.07, 6.45) is 6.84. The summed E-state index contributed by atoms with van der Waals surface area (Å²) in [4.78, 5) is 15.4. The first-order chi connectivity index (χ1) is 9.76. The molecule has 0 amide bonds. The Bertz CT molecular complexity index is 591. The Morgan fingerprint density at radius 2 is 1.85 bits per heavy atom. The Kier molecular flexibility index (Phi) is 3.68. The van der Waals surface area contributed by atoms with E-state index in [1.165, 1.54) is 19.3 Å². The molecule has 3 rings (SSSR count). The van der Waals surface area contributed by atoms with Gasteiger partial charge < -0.3 is 10.2 Å². The summed E-state index contributed by atoms with van der Waals surface area (Å²) in [6, 6.07) is 0. The van der Waals surface area contributed by atoms with Crippen LogP contribution in [0.15, 0.2) is 12.4 Å². The van der Waals surface area contributed by atoms with Crippen molar-refractivity contribution in [3.05, 3.63) is 17.4 Å². The van der Waals surface area contributed by atoms with Crippen molar-refractivity contribution in [3.63, 3.8) is 0 Å². The van der Waals surface area contributed by atoms with Crippen LogP contribution in [0.2, 0.25) is 5.02 Å². The lowest BCUT2D eigenvalue weighted by Crippen LogP contribution is -2.31. The lowest BCUT2D eigenvalue weighted by molar-refractivity contribution is 0.566.